The van der Waals surface area contributed by atoms with Crippen LogP contribution in [0.2, 0.25) is 0 Å². The molecule has 0 saturated carbocycles. The lowest BCUT2D eigenvalue weighted by Crippen LogP contribution is -2.07. The molecule has 0 heterocycles. The van der Waals surface area contributed by atoms with Gasteiger partial charge < -0.3 is 9.47 Å². The monoisotopic (exact) mass is 308 g/mol. The van der Waals surface area contributed by atoms with Gasteiger partial charge in [0.05, 0.1) is 17.8 Å². The molecule has 1 aliphatic rings. The molecular weight excluding hydrogens is 292 g/mol. The molecule has 0 aliphatic heterocycles. The lowest BCUT2D eigenvalue weighted by atomic mass is 10.1. The Labute approximate surface area is 134 Å². The molecule has 23 heavy (non-hydrogen) atoms. The lowest BCUT2D eigenvalue weighted by molar-refractivity contribution is -0.138. The first-order valence-corrected chi connectivity index (χ1v) is 7.45. The average Bonchev–Trinajstić information content (AvgIpc) is 3.33. The Bertz CT molecular complexity index is 747. The highest BCUT2D eigenvalue weighted by atomic mass is 16.5. The first kappa shape index (κ1) is 15.0. The van der Waals surface area contributed by atoms with Gasteiger partial charge in [-0.15, -0.1) is 0 Å². The maximum absolute atomic E-state index is 12.4. The Hall–Kier alpha value is -2.88. The quantitative estimate of drug-likeness (QED) is 0.628. The molecule has 1 unspecified atom stereocenters. The van der Waals surface area contributed by atoms with Gasteiger partial charge in [-0.2, -0.15) is 0 Å². The molecule has 0 radical (unpaired) electrons. The van der Waals surface area contributed by atoms with E-state index >= 15 is 0 Å². The van der Waals surface area contributed by atoms with Crippen LogP contribution in [0.25, 0.3) is 0 Å². The van der Waals surface area contributed by atoms with Crippen molar-refractivity contribution in [3.63, 3.8) is 0 Å². The minimum absolute atomic E-state index is 0.269. The van der Waals surface area contributed by atoms with E-state index in [9.17, 15) is 9.59 Å². The van der Waals surface area contributed by atoms with E-state index < -0.39 is 11.9 Å². The van der Waals surface area contributed by atoms with E-state index in [1.54, 1.807) is 31.2 Å². The largest absolute Gasteiger partial charge is 0.463 e. The highest BCUT2D eigenvalue weighted by molar-refractivity contribution is 6.12. The third-order valence-electron chi connectivity index (χ3n) is 3.59. The predicted octanol–water partition coefficient (Wildman–Crippen LogP) is 3.25. The standard InChI is InChI=1S/C19H16O4/c1-2-22-18(20)16-15(13-9-5-3-6-10-13)17(16)19(21)23-14-11-7-4-8-12-14/h3-12,15H,2H2,1H3. The zero-order valence-electron chi connectivity index (χ0n) is 12.7. The molecule has 1 atom stereocenters. The first-order valence-electron chi connectivity index (χ1n) is 7.45. The van der Waals surface area contributed by atoms with Crippen molar-refractivity contribution in [2.24, 2.45) is 0 Å². The molecule has 0 amide bonds. The van der Waals surface area contributed by atoms with Gasteiger partial charge in [-0.25, -0.2) is 9.59 Å². The van der Waals surface area contributed by atoms with Gasteiger partial charge in [0.25, 0.3) is 0 Å². The Kier molecular flexibility index (Phi) is 4.24. The van der Waals surface area contributed by atoms with Gasteiger partial charge in [-0.1, -0.05) is 48.5 Å². The van der Waals surface area contributed by atoms with E-state index in [4.69, 9.17) is 9.47 Å². The van der Waals surface area contributed by atoms with E-state index in [0.717, 1.165) is 5.56 Å². The van der Waals surface area contributed by atoms with Crippen LogP contribution in [-0.2, 0) is 14.3 Å². The van der Waals surface area contributed by atoms with Crippen molar-refractivity contribution < 1.29 is 19.1 Å². The van der Waals surface area contributed by atoms with Crippen molar-refractivity contribution in [2.75, 3.05) is 6.61 Å². The molecule has 0 spiro atoms. The number of carbonyl (C=O) groups excluding carboxylic acids is 2. The number of esters is 2. The highest BCUT2D eigenvalue weighted by Crippen LogP contribution is 2.49. The number of hydrogen-bond donors (Lipinski definition) is 0. The second-order valence-corrected chi connectivity index (χ2v) is 5.09. The Morgan fingerprint density at radius 3 is 2.04 bits per heavy atom. The molecule has 0 bridgehead atoms. The van der Waals surface area contributed by atoms with Crippen molar-refractivity contribution in [2.45, 2.75) is 12.8 Å². The minimum atomic E-state index is -0.506. The van der Waals surface area contributed by atoms with Crippen LogP contribution in [0.5, 0.6) is 5.75 Å². The third kappa shape index (κ3) is 3.16. The van der Waals surface area contributed by atoms with E-state index in [-0.39, 0.29) is 12.5 Å². The van der Waals surface area contributed by atoms with Crippen LogP contribution < -0.4 is 4.74 Å². The SMILES string of the molecule is CCOC(=O)C1=C(C(=O)Oc2ccccc2)C1c1ccccc1. The van der Waals surface area contributed by atoms with Crippen LogP contribution >= 0.6 is 0 Å². The fourth-order valence-corrected chi connectivity index (χ4v) is 2.52. The van der Waals surface area contributed by atoms with Crippen molar-refractivity contribution in [3.05, 3.63) is 77.4 Å². The number of carbonyl (C=O) groups is 2. The molecule has 4 heteroatoms. The summed E-state index contributed by atoms with van der Waals surface area (Å²) in [7, 11) is 0. The van der Waals surface area contributed by atoms with Gasteiger partial charge in [-0.3, -0.25) is 0 Å². The molecular formula is C19H16O4. The lowest BCUT2D eigenvalue weighted by Gasteiger charge is -2.03. The number of ether oxygens (including phenoxy) is 2. The van der Waals surface area contributed by atoms with Crippen LogP contribution in [0.4, 0.5) is 0 Å². The second kappa shape index (κ2) is 6.48. The molecule has 116 valence electrons. The Morgan fingerprint density at radius 1 is 0.870 bits per heavy atom. The molecule has 3 rings (SSSR count). The summed E-state index contributed by atoms with van der Waals surface area (Å²) in [6.07, 6.45) is 0. The second-order valence-electron chi connectivity index (χ2n) is 5.09. The van der Waals surface area contributed by atoms with Crippen LogP contribution in [0, 0.1) is 0 Å². The molecule has 2 aromatic carbocycles. The summed E-state index contributed by atoms with van der Waals surface area (Å²) in [4.78, 5) is 24.5. The van der Waals surface area contributed by atoms with Gasteiger partial charge in [0.15, 0.2) is 0 Å². The molecule has 4 nitrogen and oxygen atoms in total. The van der Waals surface area contributed by atoms with Crippen LogP contribution in [0.3, 0.4) is 0 Å². The highest BCUT2D eigenvalue weighted by Gasteiger charge is 2.48. The fraction of sp³-hybridized carbons (Fsp3) is 0.158. The predicted molar refractivity (Wildman–Crippen MR) is 84.9 cm³/mol. The summed E-state index contributed by atoms with van der Waals surface area (Å²) in [6, 6.07) is 18.2. The maximum Gasteiger partial charge on any atom is 0.340 e. The fourth-order valence-electron chi connectivity index (χ4n) is 2.52. The van der Waals surface area contributed by atoms with Gasteiger partial charge in [0, 0.05) is 5.92 Å². The van der Waals surface area contributed by atoms with Crippen molar-refractivity contribution in [1.82, 2.24) is 0 Å². The number of hydrogen-bond acceptors (Lipinski definition) is 4. The smallest absolute Gasteiger partial charge is 0.340 e. The van der Waals surface area contributed by atoms with Gasteiger partial charge in [-0.05, 0) is 24.6 Å². The summed E-state index contributed by atoms with van der Waals surface area (Å²) in [5, 5.41) is 0. The van der Waals surface area contributed by atoms with Crippen molar-refractivity contribution in [1.29, 1.82) is 0 Å². The van der Waals surface area contributed by atoms with Crippen LogP contribution in [-0.4, -0.2) is 18.5 Å². The molecule has 1 aliphatic carbocycles. The van der Waals surface area contributed by atoms with Crippen molar-refractivity contribution in [3.8, 4) is 5.75 Å². The summed E-state index contributed by atoms with van der Waals surface area (Å²) >= 11 is 0. The summed E-state index contributed by atoms with van der Waals surface area (Å²) < 4.78 is 10.4. The summed E-state index contributed by atoms with van der Waals surface area (Å²) in [5.41, 5.74) is 1.65. The summed E-state index contributed by atoms with van der Waals surface area (Å²) in [5.74, 6) is -0.854. The van der Waals surface area contributed by atoms with Gasteiger partial charge in [0.2, 0.25) is 0 Å². The topological polar surface area (TPSA) is 52.6 Å². The zero-order chi connectivity index (χ0) is 16.2. The van der Waals surface area contributed by atoms with Crippen LogP contribution in [0.1, 0.15) is 18.4 Å². The van der Waals surface area contributed by atoms with E-state index in [1.165, 1.54) is 0 Å². The molecule has 0 saturated heterocycles. The van der Waals surface area contributed by atoms with Gasteiger partial charge >= 0.3 is 11.9 Å². The normalized spacial score (nSPS) is 16.0. The maximum atomic E-state index is 12.4. The number of para-hydroxylation sites is 1. The number of benzene rings is 2. The third-order valence-corrected chi connectivity index (χ3v) is 3.59. The van der Waals surface area contributed by atoms with Crippen molar-refractivity contribution >= 4 is 11.9 Å². The molecule has 0 fully saturated rings. The minimum Gasteiger partial charge on any atom is -0.463 e. The van der Waals surface area contributed by atoms with E-state index in [0.29, 0.717) is 16.9 Å². The summed E-state index contributed by atoms with van der Waals surface area (Å²) in [6.45, 7) is 2.01. The zero-order valence-corrected chi connectivity index (χ0v) is 12.7. The van der Waals surface area contributed by atoms with Crippen LogP contribution in [0.15, 0.2) is 71.8 Å². The Morgan fingerprint density at radius 2 is 1.43 bits per heavy atom. The van der Waals surface area contributed by atoms with Gasteiger partial charge in [0.1, 0.15) is 5.75 Å². The molecule has 0 aromatic heterocycles. The van der Waals surface area contributed by atoms with E-state index in [2.05, 4.69) is 0 Å². The molecule has 2 aromatic rings. The Balaban J connectivity index is 1.83. The number of rotatable bonds is 5. The molecule has 0 N–H and O–H groups in total. The average molecular weight is 308 g/mol. The first-order chi connectivity index (χ1) is 11.2. The van der Waals surface area contributed by atoms with E-state index in [1.807, 2.05) is 36.4 Å².